The molecule has 2 N–H and O–H groups in total. The Balaban J connectivity index is 1.98. The molecule has 0 unspecified atom stereocenters. The molecule has 0 fully saturated rings. The summed E-state index contributed by atoms with van der Waals surface area (Å²) < 4.78 is 5.11. The van der Waals surface area contributed by atoms with Crippen LogP contribution in [0.5, 0.6) is 5.75 Å². The maximum Gasteiger partial charge on any atom is 0.292 e. The smallest absolute Gasteiger partial charge is 0.292 e. The standard InChI is InChI=1S/C13H11N5O2S/c1-20-9-4-2-8(3-5-9)10-11(12(19)17-15-10)16-18-13-14-6-7-21-13/h2-7H,1H3,(H2,15,17,19). The van der Waals surface area contributed by atoms with Gasteiger partial charge < -0.3 is 4.74 Å². The average Bonchev–Trinajstić information content (AvgIpc) is 3.15. The fraction of sp³-hybridized carbons (Fsp3) is 0.0769. The van der Waals surface area contributed by atoms with Gasteiger partial charge in [-0.05, 0) is 24.3 Å². The van der Waals surface area contributed by atoms with E-state index in [0.29, 0.717) is 10.8 Å². The van der Waals surface area contributed by atoms with E-state index in [0.717, 1.165) is 11.3 Å². The van der Waals surface area contributed by atoms with Crippen LogP contribution < -0.4 is 10.3 Å². The van der Waals surface area contributed by atoms with Crippen molar-refractivity contribution in [3.8, 4) is 17.0 Å². The molecule has 7 nitrogen and oxygen atoms in total. The summed E-state index contributed by atoms with van der Waals surface area (Å²) in [5, 5.41) is 15.6. The van der Waals surface area contributed by atoms with E-state index in [4.69, 9.17) is 4.74 Å². The zero-order valence-corrected chi connectivity index (χ0v) is 11.8. The van der Waals surface area contributed by atoms with E-state index in [1.807, 2.05) is 24.3 Å². The minimum atomic E-state index is -0.332. The summed E-state index contributed by atoms with van der Waals surface area (Å²) in [5.41, 5.74) is 1.27. The van der Waals surface area contributed by atoms with Crippen LogP contribution in [0.25, 0.3) is 11.3 Å². The molecule has 0 saturated heterocycles. The first-order chi connectivity index (χ1) is 10.3. The van der Waals surface area contributed by atoms with Gasteiger partial charge in [0.1, 0.15) is 5.75 Å². The predicted molar refractivity (Wildman–Crippen MR) is 79.7 cm³/mol. The van der Waals surface area contributed by atoms with Crippen molar-refractivity contribution in [2.24, 2.45) is 10.2 Å². The summed E-state index contributed by atoms with van der Waals surface area (Å²) in [6.07, 6.45) is 1.63. The van der Waals surface area contributed by atoms with Crippen molar-refractivity contribution in [2.45, 2.75) is 0 Å². The minimum absolute atomic E-state index is 0.218. The first kappa shape index (κ1) is 13.3. The van der Waals surface area contributed by atoms with Crippen molar-refractivity contribution in [2.75, 3.05) is 7.11 Å². The van der Waals surface area contributed by atoms with E-state index < -0.39 is 0 Å². The molecule has 106 valence electrons. The van der Waals surface area contributed by atoms with Crippen molar-refractivity contribution in [3.63, 3.8) is 0 Å². The van der Waals surface area contributed by atoms with Crippen LogP contribution in [0.2, 0.25) is 0 Å². The van der Waals surface area contributed by atoms with Gasteiger partial charge in [-0.2, -0.15) is 0 Å². The number of ether oxygens (including phenoxy) is 1. The fourth-order valence-electron chi connectivity index (χ4n) is 1.77. The Bertz CT molecular complexity index is 802. The number of nitrogens with one attached hydrogen (secondary N) is 2. The molecule has 0 atom stereocenters. The van der Waals surface area contributed by atoms with Crippen LogP contribution in [0.1, 0.15) is 0 Å². The van der Waals surface area contributed by atoms with Crippen LogP contribution in [0.3, 0.4) is 0 Å². The molecule has 8 heteroatoms. The number of H-pyrrole nitrogens is 2. The van der Waals surface area contributed by atoms with Crippen molar-refractivity contribution < 1.29 is 4.74 Å². The Kier molecular flexibility index (Phi) is 3.61. The van der Waals surface area contributed by atoms with Crippen LogP contribution in [0.15, 0.2) is 50.9 Å². The molecule has 0 radical (unpaired) electrons. The van der Waals surface area contributed by atoms with Crippen LogP contribution in [-0.4, -0.2) is 22.3 Å². The Labute approximate surface area is 123 Å². The van der Waals surface area contributed by atoms with E-state index in [9.17, 15) is 4.79 Å². The lowest BCUT2D eigenvalue weighted by Crippen LogP contribution is -1.96. The number of methoxy groups -OCH3 is 1. The quantitative estimate of drug-likeness (QED) is 0.724. The van der Waals surface area contributed by atoms with Crippen molar-refractivity contribution in [1.82, 2.24) is 15.2 Å². The highest BCUT2D eigenvalue weighted by molar-refractivity contribution is 7.13. The third kappa shape index (κ3) is 2.75. The molecular weight excluding hydrogens is 290 g/mol. The zero-order chi connectivity index (χ0) is 14.7. The molecule has 1 aromatic carbocycles. The fourth-order valence-corrected chi connectivity index (χ4v) is 2.22. The summed E-state index contributed by atoms with van der Waals surface area (Å²) in [6, 6.07) is 7.28. The van der Waals surface area contributed by atoms with Gasteiger partial charge in [0.15, 0.2) is 5.69 Å². The highest BCUT2D eigenvalue weighted by Gasteiger charge is 2.11. The number of aromatic amines is 2. The Hall–Kier alpha value is -2.74. The lowest BCUT2D eigenvalue weighted by atomic mass is 10.1. The Morgan fingerprint density at radius 3 is 2.67 bits per heavy atom. The number of thiazole rings is 1. The third-order valence-electron chi connectivity index (χ3n) is 2.79. The number of hydrogen-bond donors (Lipinski definition) is 2. The summed E-state index contributed by atoms with van der Waals surface area (Å²) in [7, 11) is 1.60. The van der Waals surface area contributed by atoms with E-state index >= 15 is 0 Å². The zero-order valence-electron chi connectivity index (χ0n) is 11.0. The van der Waals surface area contributed by atoms with Crippen LogP contribution in [0, 0.1) is 0 Å². The van der Waals surface area contributed by atoms with Crippen LogP contribution >= 0.6 is 11.3 Å². The lowest BCUT2D eigenvalue weighted by Gasteiger charge is -2.01. The summed E-state index contributed by atoms with van der Waals surface area (Å²) in [6.45, 7) is 0. The highest BCUT2D eigenvalue weighted by atomic mass is 32.1. The number of nitrogens with zero attached hydrogens (tertiary/aromatic N) is 3. The van der Waals surface area contributed by atoms with Crippen molar-refractivity contribution >= 4 is 22.2 Å². The number of hydrogen-bond acceptors (Lipinski definition) is 6. The average molecular weight is 301 g/mol. The van der Waals surface area contributed by atoms with Crippen molar-refractivity contribution in [3.05, 3.63) is 46.2 Å². The second-order valence-electron chi connectivity index (χ2n) is 4.05. The minimum Gasteiger partial charge on any atom is -0.497 e. The van der Waals surface area contributed by atoms with Gasteiger partial charge in [0.2, 0.25) is 5.13 Å². The monoisotopic (exact) mass is 301 g/mol. The second kappa shape index (κ2) is 5.71. The van der Waals surface area contributed by atoms with Crippen LogP contribution in [0.4, 0.5) is 10.8 Å². The van der Waals surface area contributed by atoms with E-state index in [1.54, 1.807) is 18.7 Å². The number of rotatable bonds is 4. The first-order valence-electron chi connectivity index (χ1n) is 6.04. The van der Waals surface area contributed by atoms with Crippen LogP contribution in [-0.2, 0) is 0 Å². The molecule has 2 heterocycles. The molecule has 0 spiro atoms. The van der Waals surface area contributed by atoms with Gasteiger partial charge in [-0.1, -0.05) is 0 Å². The molecule has 0 aliphatic heterocycles. The molecule has 2 aromatic heterocycles. The molecule has 3 aromatic rings. The number of azo groups is 1. The summed E-state index contributed by atoms with van der Waals surface area (Å²) >= 11 is 1.35. The highest BCUT2D eigenvalue weighted by Crippen LogP contribution is 2.28. The summed E-state index contributed by atoms with van der Waals surface area (Å²) in [4.78, 5) is 15.8. The maximum absolute atomic E-state index is 11.8. The molecule has 0 bridgehead atoms. The first-order valence-corrected chi connectivity index (χ1v) is 6.92. The van der Waals surface area contributed by atoms with Gasteiger partial charge in [-0.3, -0.25) is 15.0 Å². The lowest BCUT2D eigenvalue weighted by molar-refractivity contribution is 0.415. The third-order valence-corrected chi connectivity index (χ3v) is 3.44. The van der Waals surface area contributed by atoms with E-state index in [1.165, 1.54) is 11.3 Å². The van der Waals surface area contributed by atoms with Gasteiger partial charge in [0.25, 0.3) is 5.56 Å². The van der Waals surface area contributed by atoms with E-state index in [-0.39, 0.29) is 11.2 Å². The second-order valence-corrected chi connectivity index (χ2v) is 4.92. The Morgan fingerprint density at radius 1 is 1.19 bits per heavy atom. The van der Waals surface area contributed by atoms with Gasteiger partial charge in [-0.25, -0.2) is 4.98 Å². The molecule has 0 aliphatic carbocycles. The number of aromatic nitrogens is 3. The normalized spacial score (nSPS) is 11.1. The molecule has 0 aliphatic rings. The summed E-state index contributed by atoms with van der Waals surface area (Å²) in [5.74, 6) is 0.739. The Morgan fingerprint density at radius 2 is 2.00 bits per heavy atom. The van der Waals surface area contributed by atoms with Gasteiger partial charge >= 0.3 is 0 Å². The van der Waals surface area contributed by atoms with E-state index in [2.05, 4.69) is 25.4 Å². The topological polar surface area (TPSA) is 95.5 Å². The van der Waals surface area contributed by atoms with Gasteiger partial charge in [-0.15, -0.1) is 21.6 Å². The molecule has 21 heavy (non-hydrogen) atoms. The number of benzene rings is 1. The largest absolute Gasteiger partial charge is 0.497 e. The van der Waals surface area contributed by atoms with Gasteiger partial charge in [0.05, 0.1) is 12.8 Å². The van der Waals surface area contributed by atoms with Gasteiger partial charge in [0, 0.05) is 17.1 Å². The molecule has 0 amide bonds. The molecule has 3 rings (SSSR count). The molecular formula is C13H11N5O2S. The predicted octanol–water partition coefficient (Wildman–Crippen LogP) is 3.25. The SMILES string of the molecule is COc1ccc(-c2[nH][nH]c(=O)c2N=Nc2nccs2)cc1. The van der Waals surface area contributed by atoms with Crippen molar-refractivity contribution in [1.29, 1.82) is 0 Å². The maximum atomic E-state index is 11.8. The molecule has 0 saturated carbocycles.